The quantitative estimate of drug-likeness (QED) is 0.279. The number of hydrogen-bond acceptors (Lipinski definition) is 4. The number of hydrogen-bond donors (Lipinski definition) is 3. The predicted molar refractivity (Wildman–Crippen MR) is 150 cm³/mol. The van der Waals surface area contributed by atoms with Gasteiger partial charge in [0.15, 0.2) is 0 Å². The van der Waals surface area contributed by atoms with Crippen LogP contribution >= 0.6 is 0 Å². The van der Waals surface area contributed by atoms with E-state index in [-0.39, 0.29) is 35.7 Å². The molecule has 37 heavy (non-hydrogen) atoms. The van der Waals surface area contributed by atoms with Crippen LogP contribution in [-0.4, -0.2) is 54.3 Å². The van der Waals surface area contributed by atoms with Crippen molar-refractivity contribution in [3.05, 3.63) is 35.4 Å². The van der Waals surface area contributed by atoms with Gasteiger partial charge in [0.05, 0.1) is 0 Å². The summed E-state index contributed by atoms with van der Waals surface area (Å²) in [6.45, 7) is 12.5. The van der Waals surface area contributed by atoms with Gasteiger partial charge >= 0.3 is 0 Å². The highest BCUT2D eigenvalue weighted by Gasteiger charge is 2.28. The molecule has 208 valence electrons. The van der Waals surface area contributed by atoms with Crippen LogP contribution in [0, 0.1) is 17.8 Å². The Hall–Kier alpha value is -2.41. The Kier molecular flexibility index (Phi) is 13.1. The van der Waals surface area contributed by atoms with Crippen molar-refractivity contribution in [1.29, 1.82) is 0 Å². The Bertz CT molecular complexity index is 860. The van der Waals surface area contributed by atoms with E-state index in [0.29, 0.717) is 42.5 Å². The third-order valence-corrected chi connectivity index (χ3v) is 7.56. The topological polar surface area (TPSA) is 105 Å². The third kappa shape index (κ3) is 10.1. The van der Waals surface area contributed by atoms with Gasteiger partial charge in [0, 0.05) is 48.8 Å². The maximum absolute atomic E-state index is 13.3. The van der Waals surface area contributed by atoms with E-state index in [4.69, 9.17) is 5.73 Å². The fourth-order valence-corrected chi connectivity index (χ4v) is 4.83. The number of carbonyl (C=O) groups excluding carboxylic acids is 3. The van der Waals surface area contributed by atoms with E-state index >= 15 is 0 Å². The molecule has 0 heterocycles. The van der Waals surface area contributed by atoms with E-state index in [1.54, 1.807) is 24.3 Å². The number of carbonyl (C=O) groups is 3. The Labute approximate surface area is 224 Å². The molecule has 2 rings (SSSR count). The summed E-state index contributed by atoms with van der Waals surface area (Å²) in [5.74, 6) is 0.591. The van der Waals surface area contributed by atoms with Gasteiger partial charge in [-0.25, -0.2) is 0 Å². The highest BCUT2D eigenvalue weighted by Crippen LogP contribution is 2.27. The molecule has 0 bridgehead atoms. The SMILES string of the molecule is CCCN(CCC)C(=O)c1cccc(C(=O)N[C@@H](CC(CC)CC)[C@@H](N)C[C@@H](C)C(=O)NCC2CC2)c1. The molecule has 0 unspecified atom stereocenters. The molecular weight excluding hydrogens is 464 g/mol. The number of amides is 3. The van der Waals surface area contributed by atoms with Gasteiger partial charge in [-0.2, -0.15) is 0 Å². The standard InChI is InChI=1S/C30H50N4O3/c1-6-15-34(16-7-2)30(37)25-12-10-11-24(19-25)29(36)33-27(18-22(8-3)9-4)26(31)17-21(5)28(35)32-20-23-13-14-23/h10-12,19,21-23,26-27H,6-9,13-18,20,31H2,1-5H3,(H,32,35)(H,33,36)/t21-,26+,27+/m1/s1. The summed E-state index contributed by atoms with van der Waals surface area (Å²) in [4.78, 5) is 40.8. The first-order valence-electron chi connectivity index (χ1n) is 14.5. The van der Waals surface area contributed by atoms with Gasteiger partial charge in [0.1, 0.15) is 0 Å². The zero-order chi connectivity index (χ0) is 27.4. The van der Waals surface area contributed by atoms with Crippen LogP contribution in [0.4, 0.5) is 0 Å². The van der Waals surface area contributed by atoms with Crippen molar-refractivity contribution < 1.29 is 14.4 Å². The fourth-order valence-electron chi connectivity index (χ4n) is 4.83. The molecule has 7 heteroatoms. The summed E-state index contributed by atoms with van der Waals surface area (Å²) in [5.41, 5.74) is 7.62. The fraction of sp³-hybridized carbons (Fsp3) is 0.700. The molecule has 1 fully saturated rings. The molecule has 7 nitrogen and oxygen atoms in total. The summed E-state index contributed by atoms with van der Waals surface area (Å²) in [7, 11) is 0. The molecule has 1 saturated carbocycles. The van der Waals surface area contributed by atoms with Crippen molar-refractivity contribution >= 4 is 17.7 Å². The van der Waals surface area contributed by atoms with Gasteiger partial charge in [-0.05, 0) is 68.6 Å². The normalized spacial score (nSPS) is 15.6. The van der Waals surface area contributed by atoms with Crippen molar-refractivity contribution in [2.75, 3.05) is 19.6 Å². The van der Waals surface area contributed by atoms with Crippen molar-refractivity contribution in [2.45, 2.75) is 98.1 Å². The van der Waals surface area contributed by atoms with Crippen molar-refractivity contribution in [2.24, 2.45) is 23.5 Å². The first-order chi connectivity index (χ1) is 17.7. The second kappa shape index (κ2) is 15.8. The number of nitrogens with one attached hydrogen (secondary N) is 2. The number of benzene rings is 1. The van der Waals surface area contributed by atoms with Crippen LogP contribution in [0.1, 0.15) is 107 Å². The number of rotatable bonds is 17. The lowest BCUT2D eigenvalue weighted by atomic mass is 9.87. The average molecular weight is 515 g/mol. The summed E-state index contributed by atoms with van der Waals surface area (Å²) in [5, 5.41) is 6.21. The smallest absolute Gasteiger partial charge is 0.253 e. The van der Waals surface area contributed by atoms with Gasteiger partial charge in [-0.3, -0.25) is 14.4 Å². The first-order valence-corrected chi connectivity index (χ1v) is 14.5. The lowest BCUT2D eigenvalue weighted by molar-refractivity contribution is -0.124. The Morgan fingerprint density at radius 3 is 2.19 bits per heavy atom. The van der Waals surface area contributed by atoms with Gasteiger partial charge in [-0.15, -0.1) is 0 Å². The minimum Gasteiger partial charge on any atom is -0.356 e. The Morgan fingerprint density at radius 1 is 1.00 bits per heavy atom. The molecule has 1 aliphatic carbocycles. The second-order valence-corrected chi connectivity index (χ2v) is 10.9. The maximum Gasteiger partial charge on any atom is 0.253 e. The predicted octanol–water partition coefficient (Wildman–Crippen LogP) is 4.75. The highest BCUT2D eigenvalue weighted by atomic mass is 16.2. The third-order valence-electron chi connectivity index (χ3n) is 7.56. The molecule has 0 aromatic heterocycles. The van der Waals surface area contributed by atoms with Gasteiger partial charge < -0.3 is 21.3 Å². The molecule has 0 spiro atoms. The van der Waals surface area contributed by atoms with E-state index in [0.717, 1.165) is 38.6 Å². The monoisotopic (exact) mass is 514 g/mol. The van der Waals surface area contributed by atoms with Crippen molar-refractivity contribution in [3.63, 3.8) is 0 Å². The van der Waals surface area contributed by atoms with E-state index in [2.05, 4.69) is 38.3 Å². The van der Waals surface area contributed by atoms with Gasteiger partial charge in [0.2, 0.25) is 5.91 Å². The molecule has 3 atom stereocenters. The van der Waals surface area contributed by atoms with Crippen molar-refractivity contribution in [3.8, 4) is 0 Å². The molecule has 3 amide bonds. The van der Waals surface area contributed by atoms with Gasteiger partial charge in [-0.1, -0.05) is 53.5 Å². The van der Waals surface area contributed by atoms with E-state index < -0.39 is 0 Å². The van der Waals surface area contributed by atoms with E-state index in [9.17, 15) is 14.4 Å². The van der Waals surface area contributed by atoms with E-state index in [1.165, 1.54) is 12.8 Å². The van der Waals surface area contributed by atoms with Gasteiger partial charge in [0.25, 0.3) is 11.8 Å². The van der Waals surface area contributed by atoms with Crippen LogP contribution in [0.3, 0.4) is 0 Å². The van der Waals surface area contributed by atoms with Crippen LogP contribution < -0.4 is 16.4 Å². The first kappa shape index (κ1) is 30.8. The number of nitrogens with two attached hydrogens (primary N) is 1. The van der Waals surface area contributed by atoms with Crippen LogP contribution in [0.2, 0.25) is 0 Å². The van der Waals surface area contributed by atoms with Crippen molar-refractivity contribution in [1.82, 2.24) is 15.5 Å². The summed E-state index contributed by atoms with van der Waals surface area (Å²) in [6.07, 6.45) is 7.43. The maximum atomic E-state index is 13.3. The molecule has 0 radical (unpaired) electrons. The Morgan fingerprint density at radius 2 is 1.62 bits per heavy atom. The highest BCUT2D eigenvalue weighted by molar-refractivity contribution is 5.99. The summed E-state index contributed by atoms with van der Waals surface area (Å²) >= 11 is 0. The van der Waals surface area contributed by atoms with Crippen LogP contribution in [0.15, 0.2) is 24.3 Å². The number of nitrogens with zero attached hydrogens (tertiary/aromatic N) is 1. The average Bonchev–Trinajstić information content (AvgIpc) is 3.73. The van der Waals surface area contributed by atoms with E-state index in [1.807, 2.05) is 11.8 Å². The zero-order valence-electron chi connectivity index (χ0n) is 23.7. The molecule has 1 aromatic rings. The molecule has 1 aliphatic rings. The molecule has 0 saturated heterocycles. The molecular formula is C30H50N4O3. The molecule has 1 aromatic carbocycles. The lowest BCUT2D eigenvalue weighted by Gasteiger charge is -2.30. The van der Waals surface area contributed by atoms with Crippen LogP contribution in [0.25, 0.3) is 0 Å². The molecule has 4 N–H and O–H groups in total. The lowest BCUT2D eigenvalue weighted by Crippen LogP contribution is -2.50. The molecule has 0 aliphatic heterocycles. The largest absolute Gasteiger partial charge is 0.356 e. The second-order valence-electron chi connectivity index (χ2n) is 10.9. The van der Waals surface area contributed by atoms with Crippen LogP contribution in [0.5, 0.6) is 0 Å². The summed E-state index contributed by atoms with van der Waals surface area (Å²) < 4.78 is 0. The minimum atomic E-state index is -0.347. The minimum absolute atomic E-state index is 0.0323. The van der Waals surface area contributed by atoms with Crippen LogP contribution in [-0.2, 0) is 4.79 Å². The summed E-state index contributed by atoms with van der Waals surface area (Å²) in [6, 6.07) is 6.35. The zero-order valence-corrected chi connectivity index (χ0v) is 23.7. The Balaban J connectivity index is 2.12.